The minimum atomic E-state index is -5.10. The maximum atomic E-state index is 13.5. The SMILES string of the molecule is COc1ccc(Cl)c2sc(N(CCCn3ccnc3)C(=O)c3cc(C(F)(F)F)cc(C(F)(F)F)c3)nc12. The van der Waals surface area contributed by atoms with Crippen molar-refractivity contribution >= 4 is 44.2 Å². The van der Waals surface area contributed by atoms with Crippen LogP contribution in [0.4, 0.5) is 31.5 Å². The monoisotopic (exact) mass is 562 g/mol. The van der Waals surface area contributed by atoms with E-state index in [9.17, 15) is 31.1 Å². The lowest BCUT2D eigenvalue weighted by Gasteiger charge is -2.21. The third-order valence-electron chi connectivity index (χ3n) is 5.34. The number of benzene rings is 2. The Morgan fingerprint density at radius 2 is 1.78 bits per heavy atom. The zero-order valence-electron chi connectivity index (χ0n) is 18.9. The molecule has 0 fully saturated rings. The first-order chi connectivity index (χ1) is 17.4. The maximum absolute atomic E-state index is 13.5. The minimum absolute atomic E-state index is 0.0253. The zero-order valence-corrected chi connectivity index (χ0v) is 20.5. The number of carbonyl (C=O) groups excluding carboxylic acids is 1. The number of rotatable bonds is 7. The quantitative estimate of drug-likeness (QED) is 0.229. The molecule has 0 N–H and O–H groups in total. The molecule has 4 aromatic rings. The highest BCUT2D eigenvalue weighted by Crippen LogP contribution is 2.40. The molecule has 0 unspecified atom stereocenters. The molecule has 4 rings (SSSR count). The first-order valence-corrected chi connectivity index (χ1v) is 11.8. The molecule has 6 nitrogen and oxygen atoms in total. The van der Waals surface area contributed by atoms with Gasteiger partial charge in [0.15, 0.2) is 5.13 Å². The van der Waals surface area contributed by atoms with Crippen molar-refractivity contribution in [1.29, 1.82) is 0 Å². The average molecular weight is 563 g/mol. The fraction of sp³-hybridized carbons (Fsp3) is 0.261. The Morgan fingerprint density at radius 3 is 2.35 bits per heavy atom. The van der Waals surface area contributed by atoms with Gasteiger partial charge in [-0.05, 0) is 36.8 Å². The molecule has 0 aliphatic carbocycles. The van der Waals surface area contributed by atoms with Crippen LogP contribution in [0.25, 0.3) is 10.2 Å². The number of methoxy groups -OCH3 is 1. The summed E-state index contributed by atoms with van der Waals surface area (Å²) in [6, 6.07) is 3.89. The van der Waals surface area contributed by atoms with Gasteiger partial charge in [-0.3, -0.25) is 9.69 Å². The Hall–Kier alpha value is -3.32. The number of alkyl halides is 6. The number of ether oxygens (including phenoxy) is 1. The molecule has 0 spiro atoms. The molecule has 0 aliphatic rings. The molecule has 37 heavy (non-hydrogen) atoms. The number of imidazole rings is 1. The molecular weight excluding hydrogens is 546 g/mol. The van der Waals surface area contributed by atoms with Gasteiger partial charge < -0.3 is 9.30 Å². The van der Waals surface area contributed by atoms with Crippen LogP contribution in [-0.2, 0) is 18.9 Å². The predicted molar refractivity (Wildman–Crippen MR) is 126 cm³/mol. The van der Waals surface area contributed by atoms with E-state index in [1.807, 2.05) is 0 Å². The molecule has 196 valence electrons. The van der Waals surface area contributed by atoms with Gasteiger partial charge in [0.1, 0.15) is 11.3 Å². The normalized spacial score (nSPS) is 12.2. The highest BCUT2D eigenvalue weighted by molar-refractivity contribution is 7.23. The topological polar surface area (TPSA) is 60.2 Å². The second-order valence-corrected chi connectivity index (χ2v) is 9.21. The maximum Gasteiger partial charge on any atom is 0.416 e. The predicted octanol–water partition coefficient (Wildman–Crippen LogP) is 6.93. The van der Waals surface area contributed by atoms with E-state index in [1.54, 1.807) is 29.1 Å². The van der Waals surface area contributed by atoms with Gasteiger partial charge in [0.2, 0.25) is 0 Å². The Bertz CT molecular complexity index is 1390. The summed E-state index contributed by atoms with van der Waals surface area (Å²) in [4.78, 5) is 22.8. The number of aromatic nitrogens is 3. The lowest BCUT2D eigenvalue weighted by atomic mass is 10.0. The summed E-state index contributed by atoms with van der Waals surface area (Å²) in [7, 11) is 1.40. The second kappa shape index (κ2) is 10.2. The molecule has 2 aromatic carbocycles. The van der Waals surface area contributed by atoms with Gasteiger partial charge >= 0.3 is 12.4 Å². The van der Waals surface area contributed by atoms with Crippen LogP contribution in [0.3, 0.4) is 0 Å². The lowest BCUT2D eigenvalue weighted by molar-refractivity contribution is -0.143. The largest absolute Gasteiger partial charge is 0.494 e. The van der Waals surface area contributed by atoms with Crippen LogP contribution in [0.15, 0.2) is 49.1 Å². The highest BCUT2D eigenvalue weighted by Gasteiger charge is 2.38. The molecule has 0 bridgehead atoms. The number of anilines is 1. The van der Waals surface area contributed by atoms with Gasteiger partial charge in [0.25, 0.3) is 5.91 Å². The molecule has 0 saturated heterocycles. The van der Waals surface area contributed by atoms with Crippen molar-refractivity contribution < 1.29 is 35.9 Å². The van der Waals surface area contributed by atoms with Crippen molar-refractivity contribution in [3.8, 4) is 5.75 Å². The number of amides is 1. The Kier molecular flexibility index (Phi) is 7.38. The van der Waals surface area contributed by atoms with Crippen LogP contribution in [0.1, 0.15) is 27.9 Å². The van der Waals surface area contributed by atoms with Crippen LogP contribution in [0.2, 0.25) is 5.02 Å². The highest BCUT2D eigenvalue weighted by atomic mass is 35.5. The van der Waals surface area contributed by atoms with E-state index in [0.29, 0.717) is 46.1 Å². The Morgan fingerprint density at radius 1 is 1.11 bits per heavy atom. The summed E-state index contributed by atoms with van der Waals surface area (Å²) in [5.74, 6) is -0.734. The summed E-state index contributed by atoms with van der Waals surface area (Å²) in [6.07, 6.45) is -5.13. The summed E-state index contributed by atoms with van der Waals surface area (Å²) >= 11 is 7.24. The summed E-state index contributed by atoms with van der Waals surface area (Å²) in [6.45, 7) is 0.323. The number of aryl methyl sites for hydroxylation is 1. The van der Waals surface area contributed by atoms with Crippen molar-refractivity contribution in [2.75, 3.05) is 18.6 Å². The van der Waals surface area contributed by atoms with Crippen molar-refractivity contribution in [2.45, 2.75) is 25.3 Å². The van der Waals surface area contributed by atoms with Crippen molar-refractivity contribution in [1.82, 2.24) is 14.5 Å². The number of thiazole rings is 1. The Balaban J connectivity index is 1.79. The fourth-order valence-corrected chi connectivity index (χ4v) is 4.85. The standard InChI is InChI=1S/C23H17ClF6N4O2S/c1-36-17-4-3-16(24)19-18(17)32-21(37-19)34(7-2-6-33-8-5-31-12-33)20(35)13-9-14(22(25,26)27)11-15(10-13)23(28,29)30/h3-5,8-12H,2,6-7H2,1H3. The molecule has 2 heterocycles. The number of nitrogens with zero attached hydrogens (tertiary/aromatic N) is 4. The van der Waals surface area contributed by atoms with Crippen molar-refractivity contribution in [3.05, 3.63) is 70.8 Å². The minimum Gasteiger partial charge on any atom is -0.494 e. The molecule has 0 radical (unpaired) electrons. The second-order valence-electron chi connectivity index (χ2n) is 7.83. The zero-order chi connectivity index (χ0) is 27.0. The van der Waals surface area contributed by atoms with Gasteiger partial charge in [-0.25, -0.2) is 9.97 Å². The van der Waals surface area contributed by atoms with E-state index < -0.39 is 35.0 Å². The third-order valence-corrected chi connectivity index (χ3v) is 6.87. The molecule has 0 saturated carbocycles. The van der Waals surface area contributed by atoms with E-state index >= 15 is 0 Å². The number of fused-ring (bicyclic) bond motifs is 1. The smallest absolute Gasteiger partial charge is 0.416 e. The van der Waals surface area contributed by atoms with E-state index in [-0.39, 0.29) is 17.7 Å². The average Bonchev–Trinajstić information content (AvgIpc) is 3.51. The first kappa shape index (κ1) is 26.7. The van der Waals surface area contributed by atoms with Crippen molar-refractivity contribution in [2.24, 2.45) is 0 Å². The summed E-state index contributed by atoms with van der Waals surface area (Å²) in [5.41, 5.74) is -3.64. The number of hydrogen-bond donors (Lipinski definition) is 0. The van der Waals surface area contributed by atoms with E-state index in [2.05, 4.69) is 9.97 Å². The number of carbonyl (C=O) groups is 1. The molecule has 1 amide bonds. The van der Waals surface area contributed by atoms with Crippen LogP contribution < -0.4 is 9.64 Å². The molecular formula is C23H17ClF6N4O2S. The molecule has 14 heteroatoms. The Labute approximate surface area is 215 Å². The van der Waals surface area contributed by atoms with E-state index in [4.69, 9.17) is 16.3 Å². The number of hydrogen-bond acceptors (Lipinski definition) is 5. The first-order valence-electron chi connectivity index (χ1n) is 10.6. The van der Waals surface area contributed by atoms with Crippen molar-refractivity contribution in [3.63, 3.8) is 0 Å². The molecule has 0 aliphatic heterocycles. The fourth-order valence-electron chi connectivity index (χ4n) is 3.57. The van der Waals surface area contributed by atoms with Gasteiger partial charge in [-0.1, -0.05) is 22.9 Å². The van der Waals surface area contributed by atoms with Gasteiger partial charge in [0.05, 0.1) is 34.3 Å². The van der Waals surface area contributed by atoms with Crippen LogP contribution in [0.5, 0.6) is 5.75 Å². The molecule has 0 atom stereocenters. The van der Waals surface area contributed by atoms with Gasteiger partial charge in [-0.15, -0.1) is 0 Å². The lowest BCUT2D eigenvalue weighted by Crippen LogP contribution is -2.33. The van der Waals surface area contributed by atoms with Crippen LogP contribution in [0, 0.1) is 0 Å². The molecule has 2 aromatic heterocycles. The summed E-state index contributed by atoms with van der Waals surface area (Å²) in [5, 5.41) is 0.340. The third kappa shape index (κ3) is 5.82. The van der Waals surface area contributed by atoms with E-state index in [0.717, 1.165) is 16.2 Å². The van der Waals surface area contributed by atoms with E-state index in [1.165, 1.54) is 13.4 Å². The van der Waals surface area contributed by atoms with Gasteiger partial charge in [-0.2, -0.15) is 26.3 Å². The van der Waals surface area contributed by atoms with Crippen LogP contribution >= 0.6 is 22.9 Å². The van der Waals surface area contributed by atoms with Gasteiger partial charge in [0, 0.05) is 31.0 Å². The summed E-state index contributed by atoms with van der Waals surface area (Å²) < 4.78 is 87.9. The number of halogens is 7. The van der Waals surface area contributed by atoms with Crippen LogP contribution in [-0.4, -0.2) is 34.1 Å².